The van der Waals surface area contributed by atoms with Gasteiger partial charge in [0, 0.05) is 24.6 Å². The van der Waals surface area contributed by atoms with Gasteiger partial charge < -0.3 is 9.64 Å². The summed E-state index contributed by atoms with van der Waals surface area (Å²) in [5.74, 6) is 0. The second-order valence-electron chi connectivity index (χ2n) is 5.74. The van der Waals surface area contributed by atoms with E-state index in [0.29, 0.717) is 26.1 Å². The Hall–Kier alpha value is -2.63. The number of methoxy groups -OCH3 is 1. The average molecular weight is 313 g/mol. The van der Waals surface area contributed by atoms with Gasteiger partial charge in [-0.05, 0) is 12.5 Å². The van der Waals surface area contributed by atoms with Crippen molar-refractivity contribution in [1.82, 2.24) is 14.7 Å². The van der Waals surface area contributed by atoms with Crippen LogP contribution in [0, 0.1) is 6.92 Å². The minimum Gasteiger partial charge on any atom is -0.453 e. The number of hydrogen-bond acceptors (Lipinski definition) is 4. The van der Waals surface area contributed by atoms with Crippen LogP contribution < -0.4 is 5.56 Å². The first-order chi connectivity index (χ1) is 11.1. The highest BCUT2D eigenvalue weighted by Gasteiger charge is 2.23. The zero-order chi connectivity index (χ0) is 16.4. The van der Waals surface area contributed by atoms with E-state index >= 15 is 0 Å². The molecular weight excluding hydrogens is 294 g/mol. The summed E-state index contributed by atoms with van der Waals surface area (Å²) in [5, 5.41) is 4.48. The predicted octanol–water partition coefficient (Wildman–Crippen LogP) is 1.72. The largest absolute Gasteiger partial charge is 0.453 e. The molecule has 0 spiro atoms. The Labute approximate surface area is 134 Å². The van der Waals surface area contributed by atoms with Gasteiger partial charge in [0.2, 0.25) is 0 Å². The van der Waals surface area contributed by atoms with Crippen LogP contribution in [-0.4, -0.2) is 34.4 Å². The van der Waals surface area contributed by atoms with Crippen molar-refractivity contribution in [1.29, 1.82) is 0 Å². The number of fused-ring (bicyclic) bond motifs is 1. The van der Waals surface area contributed by atoms with Crippen LogP contribution in [-0.2, 0) is 24.2 Å². The third-order valence-corrected chi connectivity index (χ3v) is 4.03. The summed E-state index contributed by atoms with van der Waals surface area (Å²) in [6.07, 6.45) is 0.248. The van der Waals surface area contributed by atoms with E-state index in [1.807, 2.05) is 31.2 Å². The van der Waals surface area contributed by atoms with E-state index in [0.717, 1.165) is 16.8 Å². The van der Waals surface area contributed by atoms with Crippen molar-refractivity contribution in [3.63, 3.8) is 0 Å². The Kier molecular flexibility index (Phi) is 4.14. The molecule has 23 heavy (non-hydrogen) atoms. The molecule has 120 valence electrons. The molecule has 2 aromatic rings. The van der Waals surface area contributed by atoms with Gasteiger partial charge in [-0.1, -0.05) is 29.8 Å². The first-order valence-electron chi connectivity index (χ1n) is 7.55. The van der Waals surface area contributed by atoms with E-state index < -0.39 is 0 Å². The van der Waals surface area contributed by atoms with Crippen LogP contribution >= 0.6 is 0 Å². The standard InChI is InChI=1S/C17H19N3O3/c1-12-3-5-13(6-4-12)10-20-16(21)9-14-11-19(17(22)23-2)8-7-15(14)18-20/h3-6,9H,7-8,10-11H2,1-2H3. The van der Waals surface area contributed by atoms with Crippen molar-refractivity contribution in [2.24, 2.45) is 0 Å². The topological polar surface area (TPSA) is 64.4 Å². The maximum absolute atomic E-state index is 12.3. The zero-order valence-electron chi connectivity index (χ0n) is 13.3. The highest BCUT2D eigenvalue weighted by Crippen LogP contribution is 2.16. The number of hydrogen-bond donors (Lipinski definition) is 0. The van der Waals surface area contributed by atoms with Crippen LogP contribution in [0.15, 0.2) is 35.1 Å². The molecule has 1 aliphatic heterocycles. The summed E-state index contributed by atoms with van der Waals surface area (Å²) in [5.41, 5.74) is 3.74. The molecule has 0 N–H and O–H groups in total. The number of carbonyl (C=O) groups excluding carboxylic acids is 1. The second-order valence-corrected chi connectivity index (χ2v) is 5.74. The molecule has 0 aliphatic carbocycles. The van der Waals surface area contributed by atoms with E-state index in [1.165, 1.54) is 17.4 Å². The summed E-state index contributed by atoms with van der Waals surface area (Å²) in [6, 6.07) is 9.62. The van der Waals surface area contributed by atoms with Crippen LogP contribution in [0.3, 0.4) is 0 Å². The van der Waals surface area contributed by atoms with Crippen molar-refractivity contribution in [3.05, 3.63) is 63.1 Å². The fourth-order valence-corrected chi connectivity index (χ4v) is 2.70. The Morgan fingerprint density at radius 1 is 1.30 bits per heavy atom. The van der Waals surface area contributed by atoms with Gasteiger partial charge in [0.1, 0.15) is 0 Å². The van der Waals surface area contributed by atoms with Gasteiger partial charge in [0.25, 0.3) is 5.56 Å². The molecule has 0 atom stereocenters. The van der Waals surface area contributed by atoms with Gasteiger partial charge in [0.15, 0.2) is 0 Å². The molecule has 0 saturated heterocycles. The van der Waals surface area contributed by atoms with E-state index in [9.17, 15) is 9.59 Å². The van der Waals surface area contributed by atoms with Crippen molar-refractivity contribution in [3.8, 4) is 0 Å². The molecule has 0 saturated carbocycles. The van der Waals surface area contributed by atoms with E-state index in [-0.39, 0.29) is 11.7 Å². The molecule has 2 heterocycles. The first-order valence-corrected chi connectivity index (χ1v) is 7.55. The van der Waals surface area contributed by atoms with Gasteiger partial charge in [-0.3, -0.25) is 4.79 Å². The molecule has 3 rings (SSSR count). The maximum atomic E-state index is 12.3. The van der Waals surface area contributed by atoms with Gasteiger partial charge >= 0.3 is 6.09 Å². The number of aromatic nitrogens is 2. The number of carbonyl (C=O) groups is 1. The molecular formula is C17H19N3O3. The van der Waals surface area contributed by atoms with Gasteiger partial charge in [-0.15, -0.1) is 0 Å². The first kappa shape index (κ1) is 15.3. The van der Waals surface area contributed by atoms with Crippen LogP contribution in [0.4, 0.5) is 4.79 Å². The number of amides is 1. The summed E-state index contributed by atoms with van der Waals surface area (Å²) in [7, 11) is 1.36. The molecule has 0 unspecified atom stereocenters. The summed E-state index contributed by atoms with van der Waals surface area (Å²) >= 11 is 0. The summed E-state index contributed by atoms with van der Waals surface area (Å²) in [6.45, 7) is 3.40. The fourth-order valence-electron chi connectivity index (χ4n) is 2.70. The van der Waals surface area contributed by atoms with Gasteiger partial charge in [-0.2, -0.15) is 5.10 Å². The predicted molar refractivity (Wildman–Crippen MR) is 85.3 cm³/mol. The molecule has 1 aliphatic rings. The smallest absolute Gasteiger partial charge is 0.409 e. The lowest BCUT2D eigenvalue weighted by atomic mass is 10.1. The molecule has 0 fully saturated rings. The Balaban J connectivity index is 1.84. The third-order valence-electron chi connectivity index (χ3n) is 4.03. The number of ether oxygens (including phenoxy) is 1. The van der Waals surface area contributed by atoms with Gasteiger partial charge in [0.05, 0.1) is 25.9 Å². The minimum absolute atomic E-state index is 0.156. The number of aryl methyl sites for hydroxylation is 1. The molecule has 0 bridgehead atoms. The molecule has 1 aromatic carbocycles. The Morgan fingerprint density at radius 2 is 2.04 bits per heavy atom. The maximum Gasteiger partial charge on any atom is 0.409 e. The van der Waals surface area contributed by atoms with Crippen LogP contribution in [0.5, 0.6) is 0 Å². The lowest BCUT2D eigenvalue weighted by Crippen LogP contribution is -2.38. The third kappa shape index (κ3) is 3.26. The Morgan fingerprint density at radius 3 is 2.74 bits per heavy atom. The van der Waals surface area contributed by atoms with Crippen molar-refractivity contribution >= 4 is 6.09 Å². The molecule has 1 aromatic heterocycles. The minimum atomic E-state index is -0.375. The summed E-state index contributed by atoms with van der Waals surface area (Å²) in [4.78, 5) is 25.4. The van der Waals surface area contributed by atoms with Crippen molar-refractivity contribution < 1.29 is 9.53 Å². The highest BCUT2D eigenvalue weighted by atomic mass is 16.5. The zero-order valence-corrected chi connectivity index (χ0v) is 13.3. The lowest BCUT2D eigenvalue weighted by Gasteiger charge is -2.27. The normalized spacial score (nSPS) is 13.6. The fraction of sp³-hybridized carbons (Fsp3) is 0.353. The second kappa shape index (κ2) is 6.24. The number of benzene rings is 1. The molecule has 0 radical (unpaired) electrons. The Bertz CT molecular complexity index is 781. The van der Waals surface area contributed by atoms with Crippen LogP contribution in [0.1, 0.15) is 22.4 Å². The van der Waals surface area contributed by atoms with E-state index in [1.54, 1.807) is 11.0 Å². The van der Waals surface area contributed by atoms with Gasteiger partial charge in [-0.25, -0.2) is 9.48 Å². The lowest BCUT2D eigenvalue weighted by molar-refractivity contribution is 0.118. The van der Waals surface area contributed by atoms with Crippen molar-refractivity contribution in [2.45, 2.75) is 26.4 Å². The number of rotatable bonds is 2. The SMILES string of the molecule is COC(=O)N1CCc2nn(Cc3ccc(C)cc3)c(=O)cc2C1. The monoisotopic (exact) mass is 313 g/mol. The van der Waals surface area contributed by atoms with E-state index in [4.69, 9.17) is 4.74 Å². The summed E-state index contributed by atoms with van der Waals surface area (Å²) < 4.78 is 6.21. The highest BCUT2D eigenvalue weighted by molar-refractivity contribution is 5.67. The quantitative estimate of drug-likeness (QED) is 0.847. The number of nitrogens with zero attached hydrogens (tertiary/aromatic N) is 3. The molecule has 1 amide bonds. The van der Waals surface area contributed by atoms with Crippen LogP contribution in [0.25, 0.3) is 0 Å². The van der Waals surface area contributed by atoms with E-state index in [2.05, 4.69) is 5.10 Å². The average Bonchev–Trinajstić information content (AvgIpc) is 2.56. The van der Waals surface area contributed by atoms with Crippen LogP contribution in [0.2, 0.25) is 0 Å². The van der Waals surface area contributed by atoms with Crippen molar-refractivity contribution in [2.75, 3.05) is 13.7 Å². The molecule has 6 heteroatoms. The molecule has 6 nitrogen and oxygen atoms in total.